The summed E-state index contributed by atoms with van der Waals surface area (Å²) in [6.45, 7) is 3.79. The molecule has 6 nitrogen and oxygen atoms in total. The van der Waals surface area contributed by atoms with Crippen LogP contribution in [0.25, 0.3) is 0 Å². The third-order valence-electron chi connectivity index (χ3n) is 1.96. The van der Waals surface area contributed by atoms with Gasteiger partial charge in [-0.05, 0) is 12.7 Å². The maximum absolute atomic E-state index is 12.0. The summed E-state index contributed by atoms with van der Waals surface area (Å²) in [5, 5.41) is 12.2. The van der Waals surface area contributed by atoms with E-state index < -0.39 is 5.91 Å². The topological polar surface area (TPSA) is 80.7 Å². The van der Waals surface area contributed by atoms with Crippen LogP contribution in [-0.4, -0.2) is 31.8 Å². The third-order valence-corrected chi connectivity index (χ3v) is 3.73. The van der Waals surface area contributed by atoms with Gasteiger partial charge in [0.05, 0.1) is 11.2 Å². The molecule has 0 spiro atoms. The number of halogens is 1. The van der Waals surface area contributed by atoms with E-state index in [1.165, 1.54) is 29.3 Å². The molecule has 2 rings (SSSR count). The molecular weight excluding hydrogens is 306 g/mol. The largest absolute Gasteiger partial charge is 0.295 e. The van der Waals surface area contributed by atoms with Crippen LogP contribution in [0.3, 0.4) is 0 Å². The normalized spacial score (nSPS) is 10.5. The van der Waals surface area contributed by atoms with Gasteiger partial charge in [-0.1, -0.05) is 41.6 Å². The zero-order valence-electron chi connectivity index (χ0n) is 10.2. The molecule has 19 heavy (non-hydrogen) atoms. The number of nitrogens with one attached hydrogen (secondary N) is 1. The van der Waals surface area contributed by atoms with Gasteiger partial charge in [-0.3, -0.25) is 10.1 Å². The Labute approximate surface area is 123 Å². The maximum atomic E-state index is 12.0. The molecule has 0 radical (unpaired) electrons. The van der Waals surface area contributed by atoms with Gasteiger partial charge < -0.3 is 0 Å². The van der Waals surface area contributed by atoms with E-state index in [1.807, 2.05) is 6.92 Å². The van der Waals surface area contributed by atoms with E-state index in [9.17, 15) is 4.79 Å². The highest BCUT2D eigenvalue weighted by Gasteiger charge is 2.16. The van der Waals surface area contributed by atoms with Crippen molar-refractivity contribution in [3.05, 3.63) is 21.9 Å². The second-order valence-corrected chi connectivity index (χ2v) is 6.18. The first-order valence-electron chi connectivity index (χ1n) is 5.37. The minimum absolute atomic E-state index is 0.139. The first-order valence-corrected chi connectivity index (χ1v) is 7.55. The number of hydrogen-bond donors (Lipinski definition) is 1. The van der Waals surface area contributed by atoms with Crippen molar-refractivity contribution in [2.45, 2.75) is 19.0 Å². The molecule has 1 N–H and O–H groups in total. The number of carbonyl (C=O) groups excluding carboxylic acids is 1. The quantitative estimate of drug-likeness (QED) is 0.690. The van der Waals surface area contributed by atoms with Crippen molar-refractivity contribution in [1.29, 1.82) is 0 Å². The van der Waals surface area contributed by atoms with Crippen LogP contribution < -0.4 is 5.32 Å². The number of thioether (sulfide) groups is 1. The fourth-order valence-electron chi connectivity index (χ4n) is 1.21. The molecule has 9 heteroatoms. The van der Waals surface area contributed by atoms with Crippen LogP contribution in [0, 0.1) is 6.92 Å². The summed E-state index contributed by atoms with van der Waals surface area (Å²) in [5.41, 5.74) is 0.139. The number of nitrogens with zero attached hydrogens (tertiary/aromatic N) is 4. The van der Waals surface area contributed by atoms with Gasteiger partial charge in [-0.25, -0.2) is 9.97 Å². The van der Waals surface area contributed by atoms with Gasteiger partial charge in [0.1, 0.15) is 5.01 Å². The summed E-state index contributed by atoms with van der Waals surface area (Å²) in [6.07, 6.45) is 1.42. The van der Waals surface area contributed by atoms with Gasteiger partial charge in [0, 0.05) is 0 Å². The fourth-order valence-corrected chi connectivity index (χ4v) is 2.52. The highest BCUT2D eigenvalue weighted by molar-refractivity contribution is 7.99. The van der Waals surface area contributed by atoms with Crippen molar-refractivity contribution in [3.8, 4) is 0 Å². The fraction of sp³-hybridized carbons (Fsp3) is 0.300. The summed E-state index contributed by atoms with van der Waals surface area (Å²) >= 11 is 8.66. The molecule has 2 heterocycles. The van der Waals surface area contributed by atoms with E-state index in [1.54, 1.807) is 6.92 Å². The molecule has 0 aliphatic heterocycles. The lowest BCUT2D eigenvalue weighted by atomic mass is 10.4. The van der Waals surface area contributed by atoms with Crippen LogP contribution in [0.2, 0.25) is 5.02 Å². The first kappa shape index (κ1) is 14.2. The van der Waals surface area contributed by atoms with E-state index in [2.05, 4.69) is 25.5 Å². The molecule has 0 atom stereocenters. The summed E-state index contributed by atoms with van der Waals surface area (Å²) in [4.78, 5) is 20.2. The Hall–Kier alpha value is -1.25. The summed E-state index contributed by atoms with van der Waals surface area (Å²) in [7, 11) is 0. The average molecular weight is 316 g/mol. The van der Waals surface area contributed by atoms with E-state index in [4.69, 9.17) is 11.6 Å². The molecule has 2 aromatic rings. The molecule has 0 saturated heterocycles. The standard InChI is InChI=1S/C10H10ClN5OS2/c1-3-18-9-12-4-6(11)7(13-9)8(17)14-10-16-15-5(2)19-10/h4H,3H2,1-2H3,(H,14,16,17). The van der Waals surface area contributed by atoms with Gasteiger partial charge in [0.15, 0.2) is 10.9 Å². The minimum Gasteiger partial charge on any atom is -0.295 e. The van der Waals surface area contributed by atoms with Crippen LogP contribution in [0.4, 0.5) is 5.13 Å². The summed E-state index contributed by atoms with van der Waals surface area (Å²) in [5.74, 6) is 0.402. The molecule has 2 aromatic heterocycles. The number of carbonyl (C=O) groups is 1. The molecule has 100 valence electrons. The maximum Gasteiger partial charge on any atom is 0.277 e. The number of anilines is 1. The van der Waals surface area contributed by atoms with E-state index >= 15 is 0 Å². The van der Waals surface area contributed by atoms with Gasteiger partial charge in [-0.2, -0.15) is 0 Å². The SMILES string of the molecule is CCSc1ncc(Cl)c(C(=O)Nc2nnc(C)s2)n1. The van der Waals surface area contributed by atoms with Crippen molar-refractivity contribution < 1.29 is 4.79 Å². The minimum atomic E-state index is -0.415. The lowest BCUT2D eigenvalue weighted by Crippen LogP contribution is -2.15. The van der Waals surface area contributed by atoms with Crippen molar-refractivity contribution >= 4 is 45.7 Å². The third kappa shape index (κ3) is 3.62. The zero-order valence-corrected chi connectivity index (χ0v) is 12.6. The van der Waals surface area contributed by atoms with Crippen LogP contribution in [0.15, 0.2) is 11.4 Å². The Morgan fingerprint density at radius 3 is 2.95 bits per heavy atom. The van der Waals surface area contributed by atoms with E-state index in [0.717, 1.165) is 10.8 Å². The van der Waals surface area contributed by atoms with Crippen LogP contribution in [0.5, 0.6) is 0 Å². The predicted molar refractivity (Wildman–Crippen MR) is 76.0 cm³/mol. The van der Waals surface area contributed by atoms with Crippen molar-refractivity contribution in [3.63, 3.8) is 0 Å². The Morgan fingerprint density at radius 1 is 1.53 bits per heavy atom. The van der Waals surface area contributed by atoms with Gasteiger partial charge >= 0.3 is 0 Å². The lowest BCUT2D eigenvalue weighted by Gasteiger charge is -2.04. The van der Waals surface area contributed by atoms with Crippen LogP contribution >= 0.6 is 34.7 Å². The zero-order chi connectivity index (χ0) is 13.8. The van der Waals surface area contributed by atoms with Gasteiger partial charge in [0.25, 0.3) is 5.91 Å². The van der Waals surface area contributed by atoms with Gasteiger partial charge in [0.2, 0.25) is 5.13 Å². The molecule has 0 aliphatic rings. The van der Waals surface area contributed by atoms with E-state index in [-0.39, 0.29) is 10.7 Å². The Morgan fingerprint density at radius 2 is 2.32 bits per heavy atom. The van der Waals surface area contributed by atoms with E-state index in [0.29, 0.717) is 10.3 Å². The molecule has 0 aliphatic carbocycles. The number of aryl methyl sites for hydroxylation is 1. The highest BCUT2D eigenvalue weighted by atomic mass is 35.5. The number of aromatic nitrogens is 4. The molecule has 0 fully saturated rings. The lowest BCUT2D eigenvalue weighted by molar-refractivity contribution is 0.102. The number of hydrogen-bond acceptors (Lipinski definition) is 7. The Bertz CT molecular complexity index is 603. The monoisotopic (exact) mass is 315 g/mol. The summed E-state index contributed by atoms with van der Waals surface area (Å²) < 4.78 is 0. The molecular formula is C10H10ClN5OS2. The Balaban J connectivity index is 2.20. The molecule has 0 bridgehead atoms. The molecule has 1 amide bonds. The van der Waals surface area contributed by atoms with Crippen molar-refractivity contribution in [1.82, 2.24) is 20.2 Å². The molecule has 0 unspecified atom stereocenters. The predicted octanol–water partition coefficient (Wildman–Crippen LogP) is 2.65. The average Bonchev–Trinajstić information content (AvgIpc) is 2.77. The smallest absolute Gasteiger partial charge is 0.277 e. The first-order chi connectivity index (χ1) is 9.10. The van der Waals surface area contributed by atoms with Crippen molar-refractivity contribution in [2.24, 2.45) is 0 Å². The van der Waals surface area contributed by atoms with Crippen LogP contribution in [0.1, 0.15) is 22.4 Å². The Kier molecular flexibility index (Phi) is 4.67. The van der Waals surface area contributed by atoms with Crippen molar-refractivity contribution in [2.75, 3.05) is 11.1 Å². The number of amides is 1. The summed E-state index contributed by atoms with van der Waals surface area (Å²) in [6, 6.07) is 0. The molecule has 0 aromatic carbocycles. The molecule has 0 saturated carbocycles. The van der Waals surface area contributed by atoms with Gasteiger partial charge in [-0.15, -0.1) is 10.2 Å². The van der Waals surface area contributed by atoms with Crippen LogP contribution in [-0.2, 0) is 0 Å². The highest BCUT2D eigenvalue weighted by Crippen LogP contribution is 2.20. The number of rotatable bonds is 4. The second-order valence-electron chi connectivity index (χ2n) is 3.36. The second kappa shape index (κ2) is 6.27.